The second kappa shape index (κ2) is 9.93. The Kier molecular flexibility index (Phi) is 7.08. The van der Waals surface area contributed by atoms with E-state index in [2.05, 4.69) is 5.16 Å². The van der Waals surface area contributed by atoms with Crippen molar-refractivity contribution < 1.29 is 23.6 Å². The molecule has 0 aliphatic carbocycles. The van der Waals surface area contributed by atoms with Crippen molar-refractivity contribution in [1.82, 2.24) is 5.16 Å². The predicted octanol–water partition coefficient (Wildman–Crippen LogP) is 4.71. The van der Waals surface area contributed by atoms with Gasteiger partial charge in [0.2, 0.25) is 0 Å². The molecule has 7 heteroatoms. The molecule has 0 N–H and O–H groups in total. The molecule has 150 valence electrons. The molecule has 0 fully saturated rings. The summed E-state index contributed by atoms with van der Waals surface area (Å²) < 4.78 is 15.7. The molecule has 0 atom stereocenters. The molecule has 3 rings (SSSR count). The van der Waals surface area contributed by atoms with E-state index in [-0.39, 0.29) is 12.4 Å². The molecule has 0 saturated heterocycles. The van der Waals surface area contributed by atoms with Crippen LogP contribution in [0.3, 0.4) is 0 Å². The lowest BCUT2D eigenvalue weighted by Crippen LogP contribution is -2.15. The molecule has 0 radical (unpaired) electrons. The van der Waals surface area contributed by atoms with E-state index < -0.39 is 5.97 Å². The van der Waals surface area contributed by atoms with E-state index in [0.717, 1.165) is 16.3 Å². The van der Waals surface area contributed by atoms with Gasteiger partial charge in [0.25, 0.3) is 0 Å². The molecular weight excluding hydrogens is 390 g/mol. The Bertz CT molecular complexity index is 981. The van der Waals surface area contributed by atoms with Crippen molar-refractivity contribution in [1.29, 1.82) is 0 Å². The van der Waals surface area contributed by atoms with E-state index in [1.807, 2.05) is 32.0 Å². The van der Waals surface area contributed by atoms with Crippen molar-refractivity contribution in [2.75, 3.05) is 13.2 Å². The molecule has 1 heterocycles. The third-order valence-corrected chi connectivity index (χ3v) is 5.09. The van der Waals surface area contributed by atoms with Crippen molar-refractivity contribution in [2.45, 2.75) is 24.5 Å². The van der Waals surface area contributed by atoms with Gasteiger partial charge in [-0.05, 0) is 50.2 Å². The van der Waals surface area contributed by atoms with Crippen LogP contribution in [0.25, 0.3) is 0 Å². The zero-order valence-electron chi connectivity index (χ0n) is 16.2. The lowest BCUT2D eigenvalue weighted by atomic mass is 10.1. The van der Waals surface area contributed by atoms with Gasteiger partial charge in [0.05, 0.1) is 17.9 Å². The average molecular weight is 411 g/mol. The summed E-state index contributed by atoms with van der Waals surface area (Å²) in [6, 6.07) is 15.7. The van der Waals surface area contributed by atoms with Crippen LogP contribution in [0.4, 0.5) is 0 Å². The first-order valence-corrected chi connectivity index (χ1v) is 10.1. The van der Waals surface area contributed by atoms with Crippen LogP contribution in [0.15, 0.2) is 64.0 Å². The standard InChI is InChI=1S/C22H21NO5S/c1-3-26-18-10-8-16(9-11-18)20(24)13-27-22(25)19-6-4-5-7-21(19)29-14-17-12-15(2)28-23-17/h4-12H,3,13-14H2,1-2H3. The Labute approximate surface area is 173 Å². The number of nitrogens with zero attached hydrogens (tertiary/aromatic N) is 1. The normalized spacial score (nSPS) is 10.6. The van der Waals surface area contributed by atoms with Crippen LogP contribution < -0.4 is 4.74 Å². The molecule has 0 unspecified atom stereocenters. The van der Waals surface area contributed by atoms with Gasteiger partial charge in [-0.15, -0.1) is 11.8 Å². The smallest absolute Gasteiger partial charge is 0.339 e. The number of carbonyl (C=O) groups excluding carboxylic acids is 2. The van der Waals surface area contributed by atoms with Crippen LogP contribution >= 0.6 is 11.8 Å². The van der Waals surface area contributed by atoms with E-state index in [4.69, 9.17) is 14.0 Å². The monoisotopic (exact) mass is 411 g/mol. The van der Waals surface area contributed by atoms with E-state index >= 15 is 0 Å². The minimum Gasteiger partial charge on any atom is -0.494 e. The van der Waals surface area contributed by atoms with Gasteiger partial charge < -0.3 is 14.0 Å². The predicted molar refractivity (Wildman–Crippen MR) is 109 cm³/mol. The number of carbonyl (C=O) groups is 2. The minimum absolute atomic E-state index is 0.274. The zero-order valence-corrected chi connectivity index (χ0v) is 17.0. The Balaban J connectivity index is 1.59. The fourth-order valence-electron chi connectivity index (χ4n) is 2.59. The van der Waals surface area contributed by atoms with E-state index in [9.17, 15) is 9.59 Å². The molecule has 0 aliphatic rings. The highest BCUT2D eigenvalue weighted by atomic mass is 32.2. The summed E-state index contributed by atoms with van der Waals surface area (Å²) in [5.41, 5.74) is 1.67. The molecule has 29 heavy (non-hydrogen) atoms. The van der Waals surface area contributed by atoms with Gasteiger partial charge in [0, 0.05) is 22.3 Å². The maximum absolute atomic E-state index is 12.5. The molecule has 0 spiro atoms. The van der Waals surface area contributed by atoms with Gasteiger partial charge >= 0.3 is 5.97 Å². The third kappa shape index (κ3) is 5.71. The number of thioether (sulfide) groups is 1. The number of hydrogen-bond donors (Lipinski definition) is 0. The van der Waals surface area contributed by atoms with Gasteiger partial charge in [0.1, 0.15) is 11.5 Å². The van der Waals surface area contributed by atoms with E-state index in [1.54, 1.807) is 36.4 Å². The number of Topliss-reactive ketones (excluding diaryl/α,β-unsaturated/α-hetero) is 1. The second-order valence-electron chi connectivity index (χ2n) is 6.17. The van der Waals surface area contributed by atoms with Crippen LogP contribution in [0, 0.1) is 6.92 Å². The molecule has 2 aromatic carbocycles. The Morgan fingerprint density at radius 1 is 1.10 bits per heavy atom. The SMILES string of the molecule is CCOc1ccc(C(=O)COC(=O)c2ccccc2SCc2cc(C)on2)cc1. The van der Waals surface area contributed by atoms with Crippen LogP contribution in [0.5, 0.6) is 5.75 Å². The quantitative estimate of drug-likeness (QED) is 0.286. The number of hydrogen-bond acceptors (Lipinski definition) is 7. The summed E-state index contributed by atoms with van der Waals surface area (Å²) in [6.07, 6.45) is 0. The van der Waals surface area contributed by atoms with Crippen LogP contribution in [-0.2, 0) is 10.5 Å². The second-order valence-corrected chi connectivity index (χ2v) is 7.19. The van der Waals surface area contributed by atoms with Crippen LogP contribution in [0.2, 0.25) is 0 Å². The molecule has 0 saturated carbocycles. The van der Waals surface area contributed by atoms with Crippen molar-refractivity contribution >= 4 is 23.5 Å². The summed E-state index contributed by atoms with van der Waals surface area (Å²) >= 11 is 1.46. The first kappa shape index (κ1) is 20.7. The molecular formula is C22H21NO5S. The summed E-state index contributed by atoms with van der Waals surface area (Å²) in [6.45, 7) is 3.95. The average Bonchev–Trinajstić information content (AvgIpc) is 3.16. The highest BCUT2D eigenvalue weighted by Gasteiger charge is 2.16. The molecule has 0 aliphatic heterocycles. The number of rotatable bonds is 9. The molecule has 0 amide bonds. The van der Waals surface area contributed by atoms with Gasteiger partial charge in [0.15, 0.2) is 12.4 Å². The number of ether oxygens (including phenoxy) is 2. The van der Waals surface area contributed by atoms with Crippen molar-refractivity contribution in [3.05, 3.63) is 77.2 Å². The van der Waals surface area contributed by atoms with Gasteiger partial charge in [-0.3, -0.25) is 4.79 Å². The number of aryl methyl sites for hydroxylation is 1. The first-order chi connectivity index (χ1) is 14.1. The number of aromatic nitrogens is 1. The summed E-state index contributed by atoms with van der Waals surface area (Å²) in [5, 5.41) is 3.95. The van der Waals surface area contributed by atoms with Gasteiger partial charge in [-0.2, -0.15) is 0 Å². The maximum Gasteiger partial charge on any atom is 0.339 e. The summed E-state index contributed by atoms with van der Waals surface area (Å²) in [5.74, 6) is 1.18. The molecule has 3 aromatic rings. The highest BCUT2D eigenvalue weighted by molar-refractivity contribution is 7.98. The lowest BCUT2D eigenvalue weighted by Gasteiger charge is -2.09. The first-order valence-electron chi connectivity index (χ1n) is 9.14. The summed E-state index contributed by atoms with van der Waals surface area (Å²) in [4.78, 5) is 25.6. The topological polar surface area (TPSA) is 78.6 Å². The van der Waals surface area contributed by atoms with Crippen molar-refractivity contribution in [3.8, 4) is 5.75 Å². The minimum atomic E-state index is -0.538. The van der Waals surface area contributed by atoms with Gasteiger partial charge in [-0.1, -0.05) is 17.3 Å². The fraction of sp³-hybridized carbons (Fsp3) is 0.227. The molecule has 1 aromatic heterocycles. The Morgan fingerprint density at radius 3 is 2.55 bits per heavy atom. The zero-order chi connectivity index (χ0) is 20.6. The fourth-order valence-corrected chi connectivity index (χ4v) is 3.52. The molecule has 6 nitrogen and oxygen atoms in total. The van der Waals surface area contributed by atoms with E-state index in [0.29, 0.717) is 29.2 Å². The number of benzene rings is 2. The van der Waals surface area contributed by atoms with Crippen LogP contribution in [0.1, 0.15) is 39.1 Å². The number of esters is 1. The Morgan fingerprint density at radius 2 is 1.86 bits per heavy atom. The highest BCUT2D eigenvalue weighted by Crippen LogP contribution is 2.26. The third-order valence-electron chi connectivity index (χ3n) is 3.98. The van der Waals surface area contributed by atoms with Crippen molar-refractivity contribution in [2.24, 2.45) is 0 Å². The van der Waals surface area contributed by atoms with Crippen molar-refractivity contribution in [3.63, 3.8) is 0 Å². The van der Waals surface area contributed by atoms with E-state index in [1.165, 1.54) is 11.8 Å². The number of ketones is 1. The molecule has 0 bridgehead atoms. The van der Waals surface area contributed by atoms with Crippen LogP contribution in [-0.4, -0.2) is 30.1 Å². The lowest BCUT2D eigenvalue weighted by molar-refractivity contribution is 0.0471. The summed E-state index contributed by atoms with van der Waals surface area (Å²) in [7, 11) is 0. The van der Waals surface area contributed by atoms with Gasteiger partial charge in [-0.25, -0.2) is 4.79 Å². The maximum atomic E-state index is 12.5. The largest absolute Gasteiger partial charge is 0.494 e. The Hall–Kier alpha value is -3.06.